The summed E-state index contributed by atoms with van der Waals surface area (Å²) in [5.74, 6) is 0.822. The zero-order valence-corrected chi connectivity index (χ0v) is 11.5. The van der Waals surface area contributed by atoms with Crippen molar-refractivity contribution in [1.29, 1.82) is 0 Å². The Morgan fingerprint density at radius 3 is 2.35 bits per heavy atom. The van der Waals surface area contributed by atoms with E-state index in [0.29, 0.717) is 0 Å². The van der Waals surface area contributed by atoms with Gasteiger partial charge in [0.2, 0.25) is 12.3 Å². The van der Waals surface area contributed by atoms with Crippen LogP contribution in [0.25, 0.3) is 0 Å². The molecule has 0 aliphatic carbocycles. The highest BCUT2D eigenvalue weighted by molar-refractivity contribution is 4.99. The molecule has 0 spiro atoms. The molecule has 1 atom stereocenters. The van der Waals surface area contributed by atoms with Crippen LogP contribution in [0.5, 0.6) is 0 Å². The van der Waals surface area contributed by atoms with Gasteiger partial charge in [-0.25, -0.2) is 0 Å². The van der Waals surface area contributed by atoms with Crippen molar-refractivity contribution in [3.05, 3.63) is 12.3 Å². The maximum Gasteiger partial charge on any atom is 0.222 e. The third-order valence-corrected chi connectivity index (χ3v) is 3.54. The first kappa shape index (κ1) is 14.2. The molecule has 1 rings (SSSR count). The van der Waals surface area contributed by atoms with Gasteiger partial charge in [0.15, 0.2) is 0 Å². The van der Waals surface area contributed by atoms with Gasteiger partial charge < -0.3 is 4.42 Å². The van der Waals surface area contributed by atoms with Gasteiger partial charge in [-0.2, -0.15) is 0 Å². The molecule has 0 radical (unpaired) electrons. The molecule has 0 aliphatic rings. The second kappa shape index (κ2) is 7.46. The lowest BCUT2D eigenvalue weighted by atomic mass is 9.80. The predicted octanol–water partition coefficient (Wildman–Crippen LogP) is 4.49. The fraction of sp³-hybridized carbons (Fsp3) is 0.857. The second-order valence-electron chi connectivity index (χ2n) is 5.22. The normalized spacial score (nSPS) is 14.8. The summed E-state index contributed by atoms with van der Waals surface area (Å²) in [5, 5.41) is 7.95. The summed E-state index contributed by atoms with van der Waals surface area (Å²) in [6, 6.07) is 0. The maximum atomic E-state index is 5.43. The Kier molecular flexibility index (Phi) is 6.23. The Balaban J connectivity index is 2.53. The molecule has 1 aromatic rings. The second-order valence-corrected chi connectivity index (χ2v) is 5.22. The van der Waals surface area contributed by atoms with Crippen LogP contribution in [-0.2, 0) is 5.41 Å². The fourth-order valence-electron chi connectivity index (χ4n) is 2.28. The van der Waals surface area contributed by atoms with E-state index in [-0.39, 0.29) is 5.41 Å². The van der Waals surface area contributed by atoms with Gasteiger partial charge in [0.1, 0.15) is 0 Å². The number of hydrogen-bond acceptors (Lipinski definition) is 3. The van der Waals surface area contributed by atoms with E-state index < -0.39 is 0 Å². The molecule has 1 unspecified atom stereocenters. The zero-order chi connectivity index (χ0) is 12.6. The molecule has 0 aliphatic heterocycles. The van der Waals surface area contributed by atoms with Crippen molar-refractivity contribution in [2.75, 3.05) is 0 Å². The van der Waals surface area contributed by atoms with E-state index in [9.17, 15) is 0 Å². The van der Waals surface area contributed by atoms with E-state index in [1.54, 1.807) is 0 Å². The van der Waals surface area contributed by atoms with Gasteiger partial charge in [-0.1, -0.05) is 59.3 Å². The van der Waals surface area contributed by atoms with Gasteiger partial charge in [0.05, 0.1) is 0 Å². The SMILES string of the molecule is CCCCCCC(C)(CCCC)c1nnco1. The molecule has 0 bridgehead atoms. The Labute approximate surface area is 105 Å². The molecule has 1 heterocycles. The zero-order valence-electron chi connectivity index (χ0n) is 11.5. The Morgan fingerprint density at radius 1 is 1.06 bits per heavy atom. The van der Waals surface area contributed by atoms with Crippen LogP contribution in [0.4, 0.5) is 0 Å². The average Bonchev–Trinajstić information content (AvgIpc) is 2.86. The van der Waals surface area contributed by atoms with Gasteiger partial charge in [-0.05, 0) is 12.8 Å². The summed E-state index contributed by atoms with van der Waals surface area (Å²) < 4.78 is 5.43. The summed E-state index contributed by atoms with van der Waals surface area (Å²) in [7, 11) is 0. The Hall–Kier alpha value is -0.860. The van der Waals surface area contributed by atoms with Crippen molar-refractivity contribution in [1.82, 2.24) is 10.2 Å². The largest absolute Gasteiger partial charge is 0.427 e. The Bertz CT molecular complexity index is 284. The van der Waals surface area contributed by atoms with Gasteiger partial charge in [-0.15, -0.1) is 10.2 Å². The maximum absolute atomic E-state index is 5.43. The van der Waals surface area contributed by atoms with Crippen molar-refractivity contribution in [3.63, 3.8) is 0 Å². The molecule has 1 aromatic heterocycles. The summed E-state index contributed by atoms with van der Waals surface area (Å²) in [6.07, 6.45) is 11.4. The van der Waals surface area contributed by atoms with Crippen molar-refractivity contribution >= 4 is 0 Å². The van der Waals surface area contributed by atoms with Crippen LogP contribution >= 0.6 is 0 Å². The van der Waals surface area contributed by atoms with Crippen LogP contribution in [0.2, 0.25) is 0 Å². The highest BCUT2D eigenvalue weighted by Crippen LogP contribution is 2.33. The van der Waals surface area contributed by atoms with Crippen LogP contribution in [0.15, 0.2) is 10.8 Å². The average molecular weight is 238 g/mol. The number of hydrogen-bond donors (Lipinski definition) is 0. The minimum Gasteiger partial charge on any atom is -0.427 e. The minimum atomic E-state index is 0.0836. The smallest absolute Gasteiger partial charge is 0.222 e. The van der Waals surface area contributed by atoms with Crippen molar-refractivity contribution in [2.24, 2.45) is 0 Å². The molecule has 98 valence electrons. The van der Waals surface area contributed by atoms with E-state index in [1.807, 2.05) is 0 Å². The number of nitrogens with zero attached hydrogens (tertiary/aromatic N) is 2. The third kappa shape index (κ3) is 4.49. The van der Waals surface area contributed by atoms with Crippen molar-refractivity contribution in [3.8, 4) is 0 Å². The van der Waals surface area contributed by atoms with Gasteiger partial charge in [0.25, 0.3) is 0 Å². The molecule has 0 amide bonds. The summed E-state index contributed by atoms with van der Waals surface area (Å²) in [4.78, 5) is 0. The molecular formula is C14H26N2O. The quantitative estimate of drug-likeness (QED) is 0.595. The number of aromatic nitrogens is 2. The molecule has 3 nitrogen and oxygen atoms in total. The molecule has 3 heteroatoms. The minimum absolute atomic E-state index is 0.0836. The van der Waals surface area contributed by atoms with Crippen LogP contribution in [-0.4, -0.2) is 10.2 Å². The first-order chi connectivity index (χ1) is 8.23. The standard InChI is InChI=1S/C14H26N2O/c1-4-6-8-9-11-14(3,10-7-5-2)13-16-15-12-17-13/h12H,4-11H2,1-3H3. The lowest BCUT2D eigenvalue weighted by Crippen LogP contribution is -2.22. The lowest BCUT2D eigenvalue weighted by Gasteiger charge is -2.25. The van der Waals surface area contributed by atoms with Crippen molar-refractivity contribution < 1.29 is 4.42 Å². The van der Waals surface area contributed by atoms with E-state index in [1.165, 1.54) is 44.9 Å². The Morgan fingerprint density at radius 2 is 1.76 bits per heavy atom. The highest BCUT2D eigenvalue weighted by atomic mass is 16.4. The van der Waals surface area contributed by atoms with Crippen molar-refractivity contribution in [2.45, 2.75) is 77.6 Å². The van der Waals surface area contributed by atoms with Gasteiger partial charge >= 0.3 is 0 Å². The van der Waals surface area contributed by atoms with Crippen LogP contribution in [0.1, 0.15) is 78.0 Å². The monoisotopic (exact) mass is 238 g/mol. The van der Waals surface area contributed by atoms with E-state index in [0.717, 1.165) is 18.7 Å². The molecular weight excluding hydrogens is 212 g/mol. The van der Waals surface area contributed by atoms with Gasteiger partial charge in [-0.3, -0.25) is 0 Å². The predicted molar refractivity (Wildman–Crippen MR) is 69.9 cm³/mol. The number of unbranched alkanes of at least 4 members (excludes halogenated alkanes) is 4. The lowest BCUT2D eigenvalue weighted by molar-refractivity contribution is 0.289. The van der Waals surface area contributed by atoms with Crippen LogP contribution in [0, 0.1) is 0 Å². The molecule has 0 fully saturated rings. The third-order valence-electron chi connectivity index (χ3n) is 3.54. The first-order valence-electron chi connectivity index (χ1n) is 6.99. The topological polar surface area (TPSA) is 38.9 Å². The van der Waals surface area contributed by atoms with E-state index in [2.05, 4.69) is 31.0 Å². The van der Waals surface area contributed by atoms with E-state index >= 15 is 0 Å². The molecule has 0 N–H and O–H groups in total. The summed E-state index contributed by atoms with van der Waals surface area (Å²) in [5.41, 5.74) is 0.0836. The first-order valence-corrected chi connectivity index (χ1v) is 6.99. The highest BCUT2D eigenvalue weighted by Gasteiger charge is 2.30. The molecule has 0 aromatic carbocycles. The molecule has 0 saturated heterocycles. The van der Waals surface area contributed by atoms with E-state index in [4.69, 9.17) is 4.42 Å². The molecule has 0 saturated carbocycles. The molecule has 17 heavy (non-hydrogen) atoms. The van der Waals surface area contributed by atoms with Crippen LogP contribution in [0.3, 0.4) is 0 Å². The number of rotatable bonds is 9. The van der Waals surface area contributed by atoms with Gasteiger partial charge in [0, 0.05) is 5.41 Å². The summed E-state index contributed by atoms with van der Waals surface area (Å²) in [6.45, 7) is 6.74. The summed E-state index contributed by atoms with van der Waals surface area (Å²) >= 11 is 0. The van der Waals surface area contributed by atoms with Crippen LogP contribution < -0.4 is 0 Å². The fourth-order valence-corrected chi connectivity index (χ4v) is 2.28.